The van der Waals surface area contributed by atoms with Gasteiger partial charge in [-0.1, -0.05) is 26.0 Å². The number of aromatic nitrogens is 2. The molecular weight excluding hydrogens is 378 g/mol. The third-order valence-corrected chi connectivity index (χ3v) is 6.02. The van der Waals surface area contributed by atoms with Gasteiger partial charge in [0, 0.05) is 14.1 Å². The topological polar surface area (TPSA) is 90.2 Å². The summed E-state index contributed by atoms with van der Waals surface area (Å²) in [4.78, 5) is 24.1. The Labute approximate surface area is 163 Å². The summed E-state index contributed by atoms with van der Waals surface area (Å²) >= 11 is 0. The fraction of sp³-hybridized carbons (Fsp3) is 0.300. The SMILES string of the molecule is CC(C)Cc1ccc(S(=O)(=O)Nc2ccc3c(c2)n(C)c(=O)c(=O)n3C)cc1. The third kappa shape index (κ3) is 3.73. The van der Waals surface area contributed by atoms with Crippen molar-refractivity contribution in [2.24, 2.45) is 20.0 Å². The zero-order chi connectivity index (χ0) is 20.6. The summed E-state index contributed by atoms with van der Waals surface area (Å²) < 4.78 is 30.4. The van der Waals surface area contributed by atoms with E-state index in [0.717, 1.165) is 12.0 Å². The maximum Gasteiger partial charge on any atom is 0.316 e. The standard InChI is InChI=1S/C20H23N3O4S/c1-13(2)11-14-5-8-16(9-6-14)28(26,27)21-15-7-10-17-18(12-15)23(4)20(25)19(24)22(17)3/h5-10,12-13,21H,11H2,1-4H3. The molecule has 0 fully saturated rings. The maximum absolute atomic E-state index is 12.7. The summed E-state index contributed by atoms with van der Waals surface area (Å²) in [5.41, 5.74) is 1.08. The van der Waals surface area contributed by atoms with Crippen LogP contribution in [0.2, 0.25) is 0 Å². The van der Waals surface area contributed by atoms with Crippen LogP contribution in [0.25, 0.3) is 11.0 Å². The Morgan fingerprint density at radius 3 is 2.04 bits per heavy atom. The van der Waals surface area contributed by atoms with Gasteiger partial charge in [-0.05, 0) is 48.2 Å². The lowest BCUT2D eigenvalue weighted by atomic mass is 10.0. The number of nitrogens with zero attached hydrogens (tertiary/aromatic N) is 2. The van der Waals surface area contributed by atoms with E-state index in [2.05, 4.69) is 18.6 Å². The van der Waals surface area contributed by atoms with Gasteiger partial charge < -0.3 is 9.13 Å². The monoisotopic (exact) mass is 401 g/mol. The number of hydrogen-bond donors (Lipinski definition) is 1. The lowest BCUT2D eigenvalue weighted by molar-refractivity contribution is 0.601. The molecule has 0 bridgehead atoms. The highest BCUT2D eigenvalue weighted by Gasteiger charge is 2.16. The third-order valence-electron chi connectivity index (χ3n) is 4.62. The van der Waals surface area contributed by atoms with Crippen molar-refractivity contribution in [3.63, 3.8) is 0 Å². The molecule has 28 heavy (non-hydrogen) atoms. The van der Waals surface area contributed by atoms with Gasteiger partial charge in [0.1, 0.15) is 0 Å². The number of anilines is 1. The van der Waals surface area contributed by atoms with Gasteiger partial charge in [0.15, 0.2) is 0 Å². The molecule has 0 saturated carbocycles. The molecule has 148 valence electrons. The largest absolute Gasteiger partial charge is 0.316 e. The lowest BCUT2D eigenvalue weighted by Crippen LogP contribution is -2.39. The Morgan fingerprint density at radius 1 is 0.893 bits per heavy atom. The summed E-state index contributed by atoms with van der Waals surface area (Å²) in [6.45, 7) is 4.21. The van der Waals surface area contributed by atoms with E-state index in [1.807, 2.05) is 12.1 Å². The number of aryl methyl sites for hydroxylation is 2. The van der Waals surface area contributed by atoms with Crippen molar-refractivity contribution in [2.75, 3.05) is 4.72 Å². The van der Waals surface area contributed by atoms with Crippen LogP contribution < -0.4 is 15.8 Å². The molecule has 3 rings (SSSR count). The highest BCUT2D eigenvalue weighted by molar-refractivity contribution is 7.92. The van der Waals surface area contributed by atoms with Crippen molar-refractivity contribution in [1.29, 1.82) is 0 Å². The molecule has 0 spiro atoms. The van der Waals surface area contributed by atoms with Crippen molar-refractivity contribution >= 4 is 26.7 Å². The number of hydrogen-bond acceptors (Lipinski definition) is 4. The first-order valence-electron chi connectivity index (χ1n) is 8.91. The number of nitrogens with one attached hydrogen (secondary N) is 1. The van der Waals surface area contributed by atoms with E-state index >= 15 is 0 Å². The molecule has 0 unspecified atom stereocenters. The lowest BCUT2D eigenvalue weighted by Gasteiger charge is -2.13. The number of sulfonamides is 1. The van der Waals surface area contributed by atoms with E-state index in [1.54, 1.807) is 30.3 Å². The first kappa shape index (κ1) is 19.9. The Balaban J connectivity index is 1.97. The van der Waals surface area contributed by atoms with E-state index in [9.17, 15) is 18.0 Å². The van der Waals surface area contributed by atoms with E-state index in [-0.39, 0.29) is 4.90 Å². The zero-order valence-corrected chi connectivity index (χ0v) is 17.1. The van der Waals surface area contributed by atoms with E-state index in [4.69, 9.17) is 0 Å². The molecule has 0 aliphatic rings. The van der Waals surface area contributed by atoms with Gasteiger partial charge in [-0.3, -0.25) is 14.3 Å². The minimum absolute atomic E-state index is 0.162. The predicted octanol–water partition coefficient (Wildman–Crippen LogP) is 2.24. The van der Waals surface area contributed by atoms with E-state index in [1.165, 1.54) is 23.2 Å². The van der Waals surface area contributed by atoms with Gasteiger partial charge in [0.05, 0.1) is 21.6 Å². The second kappa shape index (κ2) is 7.27. The number of rotatable bonds is 5. The molecule has 2 aromatic carbocycles. The van der Waals surface area contributed by atoms with Gasteiger partial charge in [0.25, 0.3) is 10.0 Å². The van der Waals surface area contributed by atoms with Crippen molar-refractivity contribution in [1.82, 2.24) is 9.13 Å². The Kier molecular flexibility index (Phi) is 5.16. The molecule has 3 aromatic rings. The van der Waals surface area contributed by atoms with Crippen molar-refractivity contribution in [3.05, 3.63) is 68.7 Å². The van der Waals surface area contributed by atoms with Gasteiger partial charge in [-0.15, -0.1) is 0 Å². The highest BCUT2D eigenvalue weighted by Crippen LogP contribution is 2.21. The minimum atomic E-state index is -3.77. The first-order chi connectivity index (χ1) is 13.1. The van der Waals surface area contributed by atoms with Crippen LogP contribution in [0.4, 0.5) is 5.69 Å². The van der Waals surface area contributed by atoms with Crippen LogP contribution in [-0.4, -0.2) is 17.6 Å². The normalized spacial score (nSPS) is 11.9. The van der Waals surface area contributed by atoms with Crippen LogP contribution in [0, 0.1) is 5.92 Å². The summed E-state index contributed by atoms with van der Waals surface area (Å²) in [5, 5.41) is 0. The molecule has 1 N–H and O–H groups in total. The molecule has 0 radical (unpaired) electrons. The quantitative estimate of drug-likeness (QED) is 0.664. The molecule has 0 amide bonds. The number of fused-ring (bicyclic) bond motifs is 1. The zero-order valence-electron chi connectivity index (χ0n) is 16.3. The summed E-state index contributed by atoms with van der Waals surface area (Å²) in [7, 11) is -0.782. The Bertz CT molecular complexity index is 1250. The van der Waals surface area contributed by atoms with Crippen LogP contribution >= 0.6 is 0 Å². The van der Waals surface area contributed by atoms with Gasteiger partial charge >= 0.3 is 11.1 Å². The molecule has 8 heteroatoms. The molecule has 0 atom stereocenters. The van der Waals surface area contributed by atoms with Crippen molar-refractivity contribution in [3.8, 4) is 0 Å². The predicted molar refractivity (Wildman–Crippen MR) is 110 cm³/mol. The summed E-state index contributed by atoms with van der Waals surface area (Å²) in [6.07, 6.45) is 0.880. The van der Waals surface area contributed by atoms with Crippen LogP contribution in [0.15, 0.2) is 56.9 Å². The van der Waals surface area contributed by atoms with Crippen LogP contribution in [0.1, 0.15) is 19.4 Å². The van der Waals surface area contributed by atoms with E-state index in [0.29, 0.717) is 22.6 Å². The van der Waals surface area contributed by atoms with Crippen molar-refractivity contribution < 1.29 is 8.42 Å². The van der Waals surface area contributed by atoms with Gasteiger partial charge in [-0.25, -0.2) is 8.42 Å². The molecule has 1 heterocycles. The molecule has 0 aliphatic heterocycles. The average molecular weight is 401 g/mol. The first-order valence-corrected chi connectivity index (χ1v) is 10.4. The van der Waals surface area contributed by atoms with Gasteiger partial charge in [0.2, 0.25) is 0 Å². The van der Waals surface area contributed by atoms with Crippen LogP contribution in [-0.2, 0) is 30.5 Å². The fourth-order valence-electron chi connectivity index (χ4n) is 3.14. The average Bonchev–Trinajstić information content (AvgIpc) is 2.64. The number of benzene rings is 2. The Hall–Kier alpha value is -2.87. The Morgan fingerprint density at radius 2 is 1.46 bits per heavy atom. The second-order valence-electron chi connectivity index (χ2n) is 7.28. The summed E-state index contributed by atoms with van der Waals surface area (Å²) in [5.74, 6) is 0.487. The van der Waals surface area contributed by atoms with Crippen LogP contribution in [0.5, 0.6) is 0 Å². The molecular formula is C20H23N3O4S. The molecule has 0 aliphatic carbocycles. The fourth-order valence-corrected chi connectivity index (χ4v) is 4.18. The maximum atomic E-state index is 12.7. The summed E-state index contributed by atoms with van der Waals surface area (Å²) in [6, 6.07) is 11.5. The van der Waals surface area contributed by atoms with Gasteiger partial charge in [-0.2, -0.15) is 0 Å². The van der Waals surface area contributed by atoms with Crippen molar-refractivity contribution in [2.45, 2.75) is 25.2 Å². The smallest absolute Gasteiger partial charge is 0.305 e. The molecule has 0 saturated heterocycles. The van der Waals surface area contributed by atoms with Crippen LogP contribution in [0.3, 0.4) is 0 Å². The second-order valence-corrected chi connectivity index (χ2v) is 8.96. The molecule has 1 aromatic heterocycles. The van der Waals surface area contributed by atoms with E-state index < -0.39 is 21.1 Å². The molecule has 7 nitrogen and oxygen atoms in total. The minimum Gasteiger partial charge on any atom is -0.305 e. The highest BCUT2D eigenvalue weighted by atomic mass is 32.2.